The van der Waals surface area contributed by atoms with E-state index in [1.807, 2.05) is 45.5 Å². The standard InChI is InChI=1S/C75H74N4O.Pt/c1-48-39-69(76-46-62(48)51-31-36-63-64(42-51)75(13,14)38-37-74(63,11)12)79-67-43-54(73(8,9)10)32-34-60(67)61-35-33-57(45-68(61)79)80-56-26-19-25-55(44-56)77-47-78(66-30-16-15-29-65(66)77)70-58(49-21-17-23-52(40-49)71(2,3)4)27-20-28-59(70)50-22-18-24-53(41-50)72(5,6)7;/h15-36,39-43,46H,37-38H2,1-14H3;/q;+2/i1D3,31D,36D,42D;. The number of pyridine rings is 1. The third kappa shape index (κ3) is 10.2. The van der Waals surface area contributed by atoms with Crippen molar-refractivity contribution in [1.82, 2.24) is 18.7 Å². The quantitative estimate of drug-likeness (QED) is 0.112. The molecule has 0 amide bonds. The van der Waals surface area contributed by atoms with Gasteiger partial charge in [0, 0.05) is 45.0 Å². The Kier molecular flexibility index (Phi) is 12.1. The fourth-order valence-electron chi connectivity index (χ4n) is 11.6. The SMILES string of the molecule is [2H]c1c([2H])c2c(c([2H])c1-c1cnc(-n3c4[c-]c(Oc5[c-]c([N+]6=C=[N+](c7c(-c8cccc(C(C)(C)C)c8)cccc7-c7cccc(C(C)(C)C)c7)c7ccccc76)ccc5)ccc4c4ccc(C(C)(C)C)cc43)cc1C([2H])([2H])[2H])C(C)(C)CCC2(C)C.[Pt+2]. The Labute approximate surface area is 503 Å². The van der Waals surface area contributed by atoms with Gasteiger partial charge >= 0.3 is 27.1 Å². The molecule has 408 valence electrons. The van der Waals surface area contributed by atoms with Crippen LogP contribution in [-0.4, -0.2) is 15.6 Å². The first-order valence-corrected chi connectivity index (χ1v) is 28.1. The molecule has 0 atom stereocenters. The summed E-state index contributed by atoms with van der Waals surface area (Å²) < 4.78 is 68.6. The van der Waals surface area contributed by atoms with E-state index in [4.69, 9.17) is 13.8 Å². The minimum Gasteiger partial charge on any atom is -0.509 e. The first-order chi connectivity index (χ1) is 40.4. The number of hydrogen-bond donors (Lipinski definition) is 0. The fourth-order valence-corrected chi connectivity index (χ4v) is 11.6. The molecule has 2 aliphatic rings. The van der Waals surface area contributed by atoms with Crippen LogP contribution < -0.4 is 13.9 Å². The van der Waals surface area contributed by atoms with Gasteiger partial charge in [0.2, 0.25) is 5.69 Å². The molecule has 0 fully saturated rings. The number of aryl methyl sites for hydroxylation is 1. The monoisotopic (exact) mass is 1250 g/mol. The van der Waals surface area contributed by atoms with Crippen molar-refractivity contribution in [2.45, 2.75) is 137 Å². The van der Waals surface area contributed by atoms with Crippen molar-refractivity contribution < 1.29 is 34.0 Å². The maximum absolute atomic E-state index is 9.75. The van der Waals surface area contributed by atoms with E-state index < -0.39 is 17.7 Å². The second-order valence-electron chi connectivity index (χ2n) is 26.4. The third-order valence-electron chi connectivity index (χ3n) is 16.6. The summed E-state index contributed by atoms with van der Waals surface area (Å²) in [6, 6.07) is 61.3. The molecule has 1 aliphatic heterocycles. The van der Waals surface area contributed by atoms with Crippen molar-refractivity contribution in [3.63, 3.8) is 0 Å². The summed E-state index contributed by atoms with van der Waals surface area (Å²) in [4.78, 5) is 5.04. The number of para-hydroxylation sites is 3. The molecule has 0 bridgehead atoms. The molecule has 0 saturated heterocycles. The molecule has 0 spiro atoms. The molecule has 5 nitrogen and oxygen atoms in total. The largest absolute Gasteiger partial charge is 2.00 e. The molecule has 6 heteroatoms. The van der Waals surface area contributed by atoms with Gasteiger partial charge in [0.25, 0.3) is 11.4 Å². The van der Waals surface area contributed by atoms with Crippen LogP contribution in [0.15, 0.2) is 170 Å². The minimum absolute atomic E-state index is 0. The molecular formula is C75H74N4OPt+2. The summed E-state index contributed by atoms with van der Waals surface area (Å²) in [5, 5.41) is 1.78. The first kappa shape index (κ1) is 48.3. The zero-order chi connectivity index (χ0) is 61.4. The van der Waals surface area contributed by atoms with Crippen LogP contribution in [0.4, 0.5) is 22.7 Å². The van der Waals surface area contributed by atoms with Crippen LogP contribution in [0.2, 0.25) is 0 Å². The van der Waals surface area contributed by atoms with E-state index >= 15 is 0 Å². The van der Waals surface area contributed by atoms with Crippen LogP contribution in [0.25, 0.3) is 61.0 Å². The molecule has 0 radical (unpaired) electrons. The van der Waals surface area contributed by atoms with E-state index in [0.29, 0.717) is 39.6 Å². The fraction of sp³-hybridized carbons (Fsp3) is 0.280. The number of rotatable bonds is 8. The minimum atomic E-state index is -2.68. The van der Waals surface area contributed by atoms with Gasteiger partial charge in [-0.2, -0.15) is 12.1 Å². The number of aromatic nitrogens is 2. The number of fused-ring (bicyclic) bond motifs is 5. The Hall–Kier alpha value is -7.42. The van der Waals surface area contributed by atoms with Gasteiger partial charge in [-0.3, -0.25) is 0 Å². The van der Waals surface area contributed by atoms with Crippen molar-refractivity contribution in [3.8, 4) is 50.7 Å². The Bertz CT molecular complexity index is 4450. The van der Waals surface area contributed by atoms with Crippen molar-refractivity contribution in [2.24, 2.45) is 0 Å². The molecule has 0 N–H and O–H groups in total. The van der Waals surface area contributed by atoms with Crippen LogP contribution in [0.3, 0.4) is 0 Å². The predicted octanol–water partition coefficient (Wildman–Crippen LogP) is 20.0. The number of nitrogens with zero attached hydrogens (tertiary/aromatic N) is 4. The Morgan fingerprint density at radius 3 is 1.80 bits per heavy atom. The van der Waals surface area contributed by atoms with E-state index in [2.05, 4.69) is 216 Å². The predicted molar refractivity (Wildman–Crippen MR) is 336 cm³/mol. The van der Waals surface area contributed by atoms with Crippen molar-refractivity contribution >= 4 is 50.6 Å². The number of ether oxygens (including phenoxy) is 1. The molecule has 0 unspecified atom stereocenters. The molecule has 1 aliphatic carbocycles. The maximum Gasteiger partial charge on any atom is 2.00 e. The van der Waals surface area contributed by atoms with Crippen molar-refractivity contribution in [3.05, 3.63) is 215 Å². The van der Waals surface area contributed by atoms with Gasteiger partial charge in [0.1, 0.15) is 11.5 Å². The van der Waals surface area contributed by atoms with E-state index in [1.165, 1.54) is 17.3 Å². The normalized spacial score (nSPS) is 16.0. The van der Waals surface area contributed by atoms with Crippen molar-refractivity contribution in [2.75, 3.05) is 0 Å². The van der Waals surface area contributed by atoms with E-state index in [9.17, 15) is 4.11 Å². The smallest absolute Gasteiger partial charge is 0.509 e. The van der Waals surface area contributed by atoms with Gasteiger partial charge in [0.15, 0.2) is 0 Å². The Balaban J connectivity index is 0.00000784. The molecule has 10 aromatic rings. The second kappa shape index (κ2) is 20.2. The summed E-state index contributed by atoms with van der Waals surface area (Å²) in [7, 11) is 0. The Morgan fingerprint density at radius 1 is 0.580 bits per heavy atom. The zero-order valence-electron chi connectivity index (χ0n) is 54.9. The first-order valence-electron chi connectivity index (χ1n) is 31.1. The topological polar surface area (TPSA) is 33.1 Å². The molecular weight excluding hydrogens is 1170 g/mol. The van der Waals surface area contributed by atoms with E-state index in [-0.39, 0.29) is 72.1 Å². The van der Waals surface area contributed by atoms with E-state index in [0.717, 1.165) is 74.0 Å². The molecule has 0 saturated carbocycles. The molecule has 3 heterocycles. The average molecular weight is 1250 g/mol. The van der Waals surface area contributed by atoms with Crippen molar-refractivity contribution in [1.29, 1.82) is 0 Å². The summed E-state index contributed by atoms with van der Waals surface area (Å²) >= 11 is 0. The van der Waals surface area contributed by atoms with E-state index in [1.54, 1.807) is 6.07 Å². The van der Waals surface area contributed by atoms with Crippen LogP contribution in [-0.2, 0) is 48.1 Å². The zero-order valence-corrected chi connectivity index (χ0v) is 51.1. The second-order valence-corrected chi connectivity index (χ2v) is 26.4. The van der Waals surface area contributed by atoms with Gasteiger partial charge in [0.05, 0.1) is 15.2 Å². The summed E-state index contributed by atoms with van der Waals surface area (Å²) in [6.45, 7) is 25.6. The molecule has 12 rings (SSSR count). The molecule has 2 aromatic heterocycles. The van der Waals surface area contributed by atoms with Gasteiger partial charge < -0.3 is 9.30 Å². The summed E-state index contributed by atoms with van der Waals surface area (Å²) in [5.41, 5.74) is 13.3. The van der Waals surface area contributed by atoms with Crippen LogP contribution in [0.1, 0.15) is 144 Å². The third-order valence-corrected chi connectivity index (χ3v) is 16.6. The van der Waals surface area contributed by atoms with Crippen LogP contribution in [0.5, 0.6) is 11.5 Å². The van der Waals surface area contributed by atoms with Gasteiger partial charge in [-0.05, 0) is 131 Å². The molecule has 8 aromatic carbocycles. The van der Waals surface area contributed by atoms with Gasteiger partial charge in [-0.1, -0.05) is 209 Å². The number of hydrogen-bond acceptors (Lipinski definition) is 2. The summed E-state index contributed by atoms with van der Waals surface area (Å²) in [5.74, 6) is 1.18. The van der Waals surface area contributed by atoms with Gasteiger partial charge in [-0.25, -0.2) is 4.98 Å². The van der Waals surface area contributed by atoms with Crippen LogP contribution in [0, 0.1) is 19.0 Å². The average Bonchev–Trinajstić information content (AvgIpc) is 1.46. The number of benzene rings is 8. The summed E-state index contributed by atoms with van der Waals surface area (Å²) in [6.07, 6.45) is 3.08. The Morgan fingerprint density at radius 2 is 1.16 bits per heavy atom. The maximum atomic E-state index is 9.75. The van der Waals surface area contributed by atoms with Gasteiger partial charge in [-0.15, -0.1) is 23.6 Å². The molecule has 81 heavy (non-hydrogen) atoms. The van der Waals surface area contributed by atoms with Crippen LogP contribution >= 0.6 is 0 Å².